The average molecular weight is 1170 g/mol. The maximum absolute atomic E-state index is 12.8. The molecule has 6 rings (SSSR count). The van der Waals surface area contributed by atoms with E-state index in [1.54, 1.807) is 50.0 Å². The first kappa shape index (κ1) is 61.4. The zero-order chi connectivity index (χ0) is 56.9. The van der Waals surface area contributed by atoms with Crippen LogP contribution in [0.2, 0.25) is 0 Å². The Morgan fingerprint density at radius 1 is 0.636 bits per heavy atom. The Hall–Kier alpha value is -4.79. The van der Waals surface area contributed by atoms with Crippen LogP contribution in [0, 0.1) is 0 Å². The number of methoxy groups -OCH3 is 1. The van der Waals surface area contributed by atoms with Crippen molar-refractivity contribution in [2.24, 2.45) is 0 Å². The van der Waals surface area contributed by atoms with Gasteiger partial charge in [-0.2, -0.15) is 4.58 Å². The number of aliphatic carboxylic acids is 1. The molecule has 0 aromatic heterocycles. The van der Waals surface area contributed by atoms with Crippen molar-refractivity contribution in [1.82, 2.24) is 0 Å². The van der Waals surface area contributed by atoms with Gasteiger partial charge in [0.05, 0.1) is 74.8 Å². The van der Waals surface area contributed by atoms with Gasteiger partial charge in [0.2, 0.25) is 5.69 Å². The molecule has 2 aliphatic heterocycles. The highest BCUT2D eigenvalue weighted by atomic mass is 32.2. The molecule has 2 atom stereocenters. The average Bonchev–Trinajstić information content (AvgIpc) is 3.71. The number of unbranched alkanes of at least 4 members (excludes halogenated alkanes) is 2. The lowest BCUT2D eigenvalue weighted by atomic mass is 9.74. The second-order valence-corrected chi connectivity index (χ2v) is 25.8. The molecule has 0 spiro atoms. The van der Waals surface area contributed by atoms with E-state index in [2.05, 4.69) is 0 Å². The predicted octanol–water partition coefficient (Wildman–Crippen LogP) is 4.26. The van der Waals surface area contributed by atoms with Crippen molar-refractivity contribution in [3.63, 3.8) is 0 Å². The number of anilines is 1. The topological polar surface area (TPSA) is 366 Å². The zero-order valence-electron chi connectivity index (χ0n) is 42.4. The summed E-state index contributed by atoms with van der Waals surface area (Å²) in [7, 11) is -24.9. The minimum absolute atomic E-state index is 0.00795. The third-order valence-electron chi connectivity index (χ3n) is 13.7. The lowest BCUT2D eigenvalue weighted by molar-refractivity contribution is -0.438. The summed E-state index contributed by atoms with van der Waals surface area (Å²) < 4.78 is 212. The molecule has 4 aromatic carbocycles. The lowest BCUT2D eigenvalue weighted by Gasteiger charge is -2.31. The number of carbonyl (C=O) groups is 1. The Morgan fingerprint density at radius 3 is 1.68 bits per heavy atom. The zero-order valence-corrected chi connectivity index (χ0v) is 46.5. The van der Waals surface area contributed by atoms with Gasteiger partial charge < -0.3 is 51.7 Å². The molecule has 0 fully saturated rings. The second kappa shape index (κ2) is 24.3. The van der Waals surface area contributed by atoms with E-state index in [4.69, 9.17) is 18.9 Å². The van der Waals surface area contributed by atoms with Crippen LogP contribution in [-0.2, 0) is 85.2 Å². The summed E-state index contributed by atoms with van der Waals surface area (Å²) in [4.78, 5) is 9.24. The molecule has 2 heterocycles. The molecule has 4 aromatic rings. The van der Waals surface area contributed by atoms with E-state index in [0.29, 0.717) is 79.6 Å². The van der Waals surface area contributed by atoms with E-state index in [9.17, 15) is 74.8 Å². The monoisotopic (exact) mass is 1170 g/mol. The number of nitrogens with zero attached hydrogens (tertiary/aromatic N) is 2. The van der Waals surface area contributed by atoms with Gasteiger partial charge in [0.1, 0.15) is 47.0 Å². The van der Waals surface area contributed by atoms with Crippen molar-refractivity contribution in [2.75, 3.05) is 77.1 Å². The van der Waals surface area contributed by atoms with Crippen molar-refractivity contribution >= 4 is 95.2 Å². The molecule has 2 unspecified atom stereocenters. The van der Waals surface area contributed by atoms with Crippen LogP contribution < -0.4 is 4.90 Å². The molecular formula is C49H58N2O21S5-4. The Labute approximate surface area is 447 Å². The Morgan fingerprint density at radius 2 is 1.17 bits per heavy atom. The highest BCUT2D eigenvalue weighted by molar-refractivity contribution is 7.87. The van der Waals surface area contributed by atoms with E-state index in [0.717, 1.165) is 12.1 Å². The number of hydrogen-bond donors (Lipinski definition) is 1. The van der Waals surface area contributed by atoms with Crippen molar-refractivity contribution < 1.29 is 98.3 Å². The van der Waals surface area contributed by atoms with Gasteiger partial charge in [-0.3, -0.25) is 4.79 Å². The Kier molecular flexibility index (Phi) is 19.4. The Balaban J connectivity index is 1.57. The molecule has 23 nitrogen and oxygen atoms in total. The normalized spacial score (nSPS) is 18.9. The minimum atomic E-state index is -5.42. The number of rotatable bonds is 29. The van der Waals surface area contributed by atoms with Gasteiger partial charge in [-0.15, -0.1) is 0 Å². The number of fused-ring (bicyclic) bond motifs is 6. The van der Waals surface area contributed by atoms with Crippen LogP contribution in [0.5, 0.6) is 0 Å². The molecule has 77 heavy (non-hydrogen) atoms. The largest absolute Gasteiger partial charge is 0.748 e. The number of hydrogen-bond acceptors (Lipinski definition) is 21. The van der Waals surface area contributed by atoms with Gasteiger partial charge in [0.25, 0.3) is 0 Å². The van der Waals surface area contributed by atoms with Gasteiger partial charge in [0, 0.05) is 78.7 Å². The van der Waals surface area contributed by atoms with Crippen LogP contribution in [0.1, 0.15) is 76.8 Å². The number of carboxylic acids is 1. The number of carboxylic acid groups (broad SMARTS) is 1. The molecular weight excluding hydrogens is 1110 g/mol. The maximum atomic E-state index is 12.8. The summed E-state index contributed by atoms with van der Waals surface area (Å²) >= 11 is 0. The molecule has 0 amide bonds. The van der Waals surface area contributed by atoms with Crippen LogP contribution in [0.25, 0.3) is 21.5 Å². The van der Waals surface area contributed by atoms with Gasteiger partial charge in [-0.05, 0) is 117 Å². The van der Waals surface area contributed by atoms with E-state index >= 15 is 0 Å². The number of likely N-dealkylation sites (N-methyl/N-ethyl adjacent to an activating group) is 1. The molecule has 0 saturated carbocycles. The van der Waals surface area contributed by atoms with Crippen LogP contribution >= 0.6 is 0 Å². The number of benzene rings is 4. The summed E-state index contributed by atoms with van der Waals surface area (Å²) in [5.74, 6) is -1.85. The van der Waals surface area contributed by atoms with E-state index in [1.165, 1.54) is 25.3 Å². The predicted molar refractivity (Wildman–Crippen MR) is 273 cm³/mol. The Bertz CT molecular complexity index is 3600. The van der Waals surface area contributed by atoms with E-state index < -0.39 is 92.7 Å². The molecule has 424 valence electrons. The van der Waals surface area contributed by atoms with Gasteiger partial charge in [0.15, 0.2) is 5.71 Å². The van der Waals surface area contributed by atoms with Gasteiger partial charge in [-0.1, -0.05) is 12.1 Å². The minimum Gasteiger partial charge on any atom is -0.748 e. The molecule has 28 heteroatoms. The molecule has 1 N–H and O–H groups in total. The van der Waals surface area contributed by atoms with Crippen molar-refractivity contribution in [3.05, 3.63) is 83.6 Å². The first-order chi connectivity index (χ1) is 35.9. The quantitative estimate of drug-likeness (QED) is 0.0451. The summed E-state index contributed by atoms with van der Waals surface area (Å²) in [6, 6.07) is 8.56. The molecule has 2 aliphatic rings. The third kappa shape index (κ3) is 14.2. The lowest BCUT2D eigenvalue weighted by Crippen LogP contribution is -2.33. The van der Waals surface area contributed by atoms with Crippen molar-refractivity contribution in [3.8, 4) is 0 Å². The standard InChI is InChI=1S/C49H62N2O21S5/c1-5-50-39-16-14-35-37(29-33(74(57,58)59)31-41(35)76(63,64)65)46(39)48(2,18-10-28-73(54,55)56)43(50)11-9-12-44-49(3,19-21-70-24-25-72-27-26-71-23-22-69-4)47-38-30-34(75(60,61)62)32-42(77(66,67)68)36(38)15-17-40(47)51(44)20-8-6-7-13-45(52)53/h9,11-12,14-17,29-32H,5-8,10,13,18-28H2,1-4H3,(H5-,52,53,54,55,56,57,58,59,60,61,62,63,64,65,66,67,68)/p-4. The van der Waals surface area contributed by atoms with Crippen LogP contribution in [0.15, 0.2) is 92.0 Å². The van der Waals surface area contributed by atoms with E-state index in [1.807, 2.05) is 4.58 Å². The molecule has 0 bridgehead atoms. The molecule has 0 saturated heterocycles. The first-order valence-corrected chi connectivity index (χ1v) is 31.3. The van der Waals surface area contributed by atoms with Crippen molar-refractivity contribution in [1.29, 1.82) is 0 Å². The molecule has 0 radical (unpaired) electrons. The maximum Gasteiger partial charge on any atom is 0.303 e. The summed E-state index contributed by atoms with van der Waals surface area (Å²) in [5.41, 5.74) is -0.569. The fourth-order valence-corrected chi connectivity index (χ4v) is 13.4. The fraction of sp³-hybridized carbons (Fsp3) is 0.469. The van der Waals surface area contributed by atoms with Gasteiger partial charge in [-0.25, -0.2) is 42.1 Å². The SMILES string of the molecule is CCN1/C(=C/C=C/C2=[N+](CCCCCC(=O)O)c3ccc4c(S(=O)(=O)[O-])cc(S(=O)(=O)[O-])cc4c3C2(C)CCOCCOCCOCCOC)C(C)(CCCS(=O)(=O)[O-])c2c1ccc1c(S(=O)(=O)[O-])cc(S(=O)(=O)[O-])cc21. The summed E-state index contributed by atoms with van der Waals surface area (Å²) in [6.45, 7) is 7.05. The van der Waals surface area contributed by atoms with Crippen LogP contribution in [-0.4, -0.2) is 158 Å². The smallest absolute Gasteiger partial charge is 0.303 e. The van der Waals surface area contributed by atoms with Crippen molar-refractivity contribution in [2.45, 2.75) is 96.1 Å². The second-order valence-electron chi connectivity index (χ2n) is 18.8. The number of allylic oxidation sites excluding steroid dienone is 4. The highest BCUT2D eigenvalue weighted by Crippen LogP contribution is 2.54. The van der Waals surface area contributed by atoms with Crippen LogP contribution in [0.3, 0.4) is 0 Å². The van der Waals surface area contributed by atoms with Gasteiger partial charge >= 0.3 is 5.97 Å². The molecule has 0 aliphatic carbocycles. The highest BCUT2D eigenvalue weighted by Gasteiger charge is 2.49. The van der Waals surface area contributed by atoms with E-state index in [-0.39, 0.29) is 92.3 Å². The fourth-order valence-electron chi connectivity index (χ4n) is 10.3. The summed E-state index contributed by atoms with van der Waals surface area (Å²) in [5, 5.41) is 8.77. The third-order valence-corrected chi connectivity index (χ3v) is 17.9. The summed E-state index contributed by atoms with van der Waals surface area (Å²) in [6.07, 6.45) is 5.56. The first-order valence-electron chi connectivity index (χ1n) is 24.1. The van der Waals surface area contributed by atoms with Crippen LogP contribution in [0.4, 0.5) is 11.4 Å². The number of ether oxygens (including phenoxy) is 4.